The lowest BCUT2D eigenvalue weighted by atomic mass is 10.4. The topological polar surface area (TPSA) is 24.4 Å². The van der Waals surface area contributed by atoms with Crippen LogP contribution in [-0.2, 0) is 0 Å². The Hall–Kier alpha value is 0.300. The van der Waals surface area contributed by atoms with Gasteiger partial charge in [0.1, 0.15) is 0 Å². The first-order valence-electron chi connectivity index (χ1n) is 3.84. The van der Waals surface area contributed by atoms with Gasteiger partial charge in [-0.3, -0.25) is 4.99 Å². The minimum Gasteiger partial charge on any atom is -1.00 e. The zero-order valence-electron chi connectivity index (χ0n) is 6.77. The first-order chi connectivity index (χ1) is 4.93. The molecule has 1 rings (SSSR count). The van der Waals surface area contributed by atoms with Gasteiger partial charge in [-0.05, 0) is 6.42 Å². The van der Waals surface area contributed by atoms with E-state index in [1.807, 2.05) is 11.8 Å². The fourth-order valence-corrected chi connectivity index (χ4v) is 1.80. The number of hydrogen-bond acceptors (Lipinski definition) is 3. The maximum absolute atomic E-state index is 4.28. The van der Waals surface area contributed by atoms with Crippen LogP contribution >= 0.6 is 11.8 Å². The molecule has 11 heavy (non-hydrogen) atoms. The molecule has 0 aromatic heterocycles. The lowest BCUT2D eigenvalue weighted by Crippen LogP contribution is -3.00. The third-order valence-corrected chi connectivity index (χ3v) is 2.42. The molecule has 1 heterocycles. The van der Waals surface area contributed by atoms with Crippen molar-refractivity contribution in [1.29, 1.82) is 0 Å². The summed E-state index contributed by atoms with van der Waals surface area (Å²) in [4.78, 5) is 4.28. The molecule has 1 aliphatic heterocycles. The highest BCUT2D eigenvalue weighted by atomic mass is 79.9. The summed E-state index contributed by atoms with van der Waals surface area (Å²) in [6.45, 7) is 4.22. The highest BCUT2D eigenvalue weighted by molar-refractivity contribution is 8.13. The maximum atomic E-state index is 4.28. The van der Waals surface area contributed by atoms with Crippen molar-refractivity contribution in [3.63, 3.8) is 0 Å². The number of amidine groups is 1. The number of hydrogen-bond donors (Lipinski definition) is 1. The highest BCUT2D eigenvalue weighted by Crippen LogP contribution is 2.07. The number of halogens is 1. The predicted molar refractivity (Wildman–Crippen MR) is 47.7 cm³/mol. The Morgan fingerprint density at radius 1 is 1.64 bits per heavy atom. The van der Waals surface area contributed by atoms with Crippen molar-refractivity contribution in [3.05, 3.63) is 0 Å². The van der Waals surface area contributed by atoms with Gasteiger partial charge in [-0.15, -0.1) is 0 Å². The Labute approximate surface area is 83.0 Å². The van der Waals surface area contributed by atoms with Gasteiger partial charge in [0, 0.05) is 12.3 Å². The summed E-state index contributed by atoms with van der Waals surface area (Å²) in [5, 5.41) is 4.38. The first-order valence-corrected chi connectivity index (χ1v) is 4.83. The molecule has 0 aromatic carbocycles. The van der Waals surface area contributed by atoms with E-state index in [1.165, 1.54) is 18.6 Å². The van der Waals surface area contributed by atoms with Crippen LogP contribution in [0.4, 0.5) is 0 Å². The van der Waals surface area contributed by atoms with Crippen molar-refractivity contribution in [3.8, 4) is 0 Å². The zero-order chi connectivity index (χ0) is 7.23. The van der Waals surface area contributed by atoms with E-state index in [4.69, 9.17) is 0 Å². The molecule has 1 N–H and O–H groups in total. The number of aliphatic imine (C=N–C) groups is 1. The molecule has 0 bridgehead atoms. The Morgan fingerprint density at radius 3 is 3.00 bits per heavy atom. The van der Waals surface area contributed by atoms with Crippen LogP contribution in [0.1, 0.15) is 19.8 Å². The van der Waals surface area contributed by atoms with E-state index in [2.05, 4.69) is 17.2 Å². The van der Waals surface area contributed by atoms with Gasteiger partial charge < -0.3 is 22.3 Å². The van der Waals surface area contributed by atoms with Gasteiger partial charge in [-0.2, -0.15) is 0 Å². The number of rotatable bonds is 3. The molecule has 0 aromatic rings. The fraction of sp³-hybridized carbons (Fsp3) is 0.857. The van der Waals surface area contributed by atoms with Gasteiger partial charge in [-0.1, -0.05) is 25.1 Å². The van der Waals surface area contributed by atoms with E-state index in [0.29, 0.717) is 0 Å². The van der Waals surface area contributed by atoms with E-state index in [9.17, 15) is 0 Å². The van der Waals surface area contributed by atoms with Crippen LogP contribution in [0.15, 0.2) is 4.99 Å². The molecule has 66 valence electrons. The Kier molecular flexibility index (Phi) is 7.17. The molecular weight excluding hydrogens is 224 g/mol. The standard InChI is InChI=1S/C7H14N2S.BrH/c1-2-3-6-10-7-8-4-5-9-7;/h2-6H2,1H3,(H,8,9);1H/p-1. The normalized spacial score (nSPS) is 15.2. The van der Waals surface area contributed by atoms with Gasteiger partial charge in [0.25, 0.3) is 0 Å². The number of nitrogens with zero attached hydrogens (tertiary/aromatic N) is 1. The maximum Gasteiger partial charge on any atom is 0.156 e. The van der Waals surface area contributed by atoms with Crippen LogP contribution in [-0.4, -0.2) is 24.0 Å². The third-order valence-electron chi connectivity index (χ3n) is 1.38. The van der Waals surface area contributed by atoms with Crippen LogP contribution < -0.4 is 22.3 Å². The SMILES string of the molecule is CCCCSC1=NCCN1.[Br-]. The van der Waals surface area contributed by atoms with Crippen LogP contribution in [0.25, 0.3) is 0 Å². The molecule has 0 radical (unpaired) electrons. The van der Waals surface area contributed by atoms with E-state index in [-0.39, 0.29) is 17.0 Å². The van der Waals surface area contributed by atoms with Gasteiger partial charge in [0.2, 0.25) is 0 Å². The summed E-state index contributed by atoms with van der Waals surface area (Å²) >= 11 is 1.85. The Morgan fingerprint density at radius 2 is 2.45 bits per heavy atom. The summed E-state index contributed by atoms with van der Waals surface area (Å²) in [6.07, 6.45) is 2.58. The molecule has 0 fully saturated rings. The average molecular weight is 238 g/mol. The van der Waals surface area contributed by atoms with Crippen molar-refractivity contribution in [2.75, 3.05) is 18.8 Å². The first kappa shape index (κ1) is 11.3. The van der Waals surface area contributed by atoms with Crippen LogP contribution in [0, 0.1) is 0 Å². The average Bonchev–Trinajstić information content (AvgIpc) is 2.41. The largest absolute Gasteiger partial charge is 1.00 e. The highest BCUT2D eigenvalue weighted by Gasteiger charge is 2.03. The quantitative estimate of drug-likeness (QED) is 0.604. The number of thioether (sulfide) groups is 1. The summed E-state index contributed by atoms with van der Waals surface area (Å²) in [7, 11) is 0. The second-order valence-corrected chi connectivity index (χ2v) is 3.40. The smallest absolute Gasteiger partial charge is 0.156 e. The lowest BCUT2D eigenvalue weighted by Gasteiger charge is -1.98. The summed E-state index contributed by atoms with van der Waals surface area (Å²) in [5.74, 6) is 1.21. The second-order valence-electron chi connectivity index (χ2n) is 2.32. The van der Waals surface area contributed by atoms with Crippen LogP contribution in [0.2, 0.25) is 0 Å². The van der Waals surface area contributed by atoms with Crippen LogP contribution in [0.5, 0.6) is 0 Å². The van der Waals surface area contributed by atoms with Crippen molar-refractivity contribution in [2.45, 2.75) is 19.8 Å². The van der Waals surface area contributed by atoms with E-state index >= 15 is 0 Å². The second kappa shape index (κ2) is 6.98. The molecule has 4 heteroatoms. The molecular formula is C7H14BrN2S-. The summed E-state index contributed by atoms with van der Waals surface area (Å²) in [6, 6.07) is 0. The minimum absolute atomic E-state index is 0. The van der Waals surface area contributed by atoms with E-state index in [1.54, 1.807) is 0 Å². The molecule has 0 amide bonds. The van der Waals surface area contributed by atoms with E-state index < -0.39 is 0 Å². The minimum atomic E-state index is 0. The lowest BCUT2D eigenvalue weighted by molar-refractivity contribution is -0.00000216. The Bertz CT molecular complexity index is 128. The fourth-order valence-electron chi connectivity index (χ4n) is 0.786. The molecule has 1 aliphatic rings. The number of nitrogens with one attached hydrogen (secondary N) is 1. The van der Waals surface area contributed by atoms with Gasteiger partial charge in [0.15, 0.2) is 5.17 Å². The van der Waals surface area contributed by atoms with Crippen molar-refractivity contribution in [2.24, 2.45) is 4.99 Å². The summed E-state index contributed by atoms with van der Waals surface area (Å²) < 4.78 is 0. The molecule has 0 spiro atoms. The van der Waals surface area contributed by atoms with Gasteiger partial charge in [-0.25, -0.2) is 0 Å². The van der Waals surface area contributed by atoms with Crippen molar-refractivity contribution >= 4 is 16.9 Å². The molecule has 0 saturated carbocycles. The predicted octanol–water partition coefficient (Wildman–Crippen LogP) is -1.52. The molecule has 0 unspecified atom stereocenters. The molecule has 2 nitrogen and oxygen atoms in total. The van der Waals surface area contributed by atoms with Crippen LogP contribution in [0.3, 0.4) is 0 Å². The molecule has 0 saturated heterocycles. The third kappa shape index (κ3) is 4.69. The monoisotopic (exact) mass is 237 g/mol. The molecule has 0 aliphatic carbocycles. The molecule has 0 atom stereocenters. The number of unbranched alkanes of at least 4 members (excludes halogenated alkanes) is 1. The van der Waals surface area contributed by atoms with Gasteiger partial charge >= 0.3 is 0 Å². The van der Waals surface area contributed by atoms with Gasteiger partial charge in [0.05, 0.1) is 6.54 Å². The zero-order valence-corrected chi connectivity index (χ0v) is 9.17. The summed E-state index contributed by atoms with van der Waals surface area (Å²) in [5.41, 5.74) is 0. The Balaban J connectivity index is 0.000001000. The van der Waals surface area contributed by atoms with Crippen molar-refractivity contribution < 1.29 is 17.0 Å². The van der Waals surface area contributed by atoms with E-state index in [0.717, 1.165) is 18.3 Å². The van der Waals surface area contributed by atoms with Crippen molar-refractivity contribution in [1.82, 2.24) is 5.32 Å².